The van der Waals surface area contributed by atoms with Gasteiger partial charge in [0.15, 0.2) is 17.1 Å². The minimum Gasteiger partial charge on any atom is -0.451 e. The van der Waals surface area contributed by atoms with E-state index in [2.05, 4.69) is 6.92 Å². The summed E-state index contributed by atoms with van der Waals surface area (Å²) in [7, 11) is 0. The summed E-state index contributed by atoms with van der Waals surface area (Å²) in [4.78, 5) is 12.3. The van der Waals surface area contributed by atoms with E-state index in [-0.39, 0.29) is 5.78 Å². The molecule has 2 rings (SSSR count). The van der Waals surface area contributed by atoms with E-state index in [0.717, 1.165) is 31.1 Å². The molecule has 0 amide bonds. The number of benzene rings is 1. The Morgan fingerprint density at radius 3 is 2.81 bits per heavy atom. The van der Waals surface area contributed by atoms with E-state index < -0.39 is 0 Å². The first-order chi connectivity index (χ1) is 10.2. The van der Waals surface area contributed by atoms with Gasteiger partial charge >= 0.3 is 0 Å². The number of fused-ring (bicyclic) bond motifs is 1. The smallest absolute Gasteiger partial charge is 0.198 e. The SMILES string of the molecule is CCCC(CCN)CCC(=O)c1cc2cccc(Cl)c2o1. The number of furan rings is 1. The normalized spacial score (nSPS) is 12.7. The topological polar surface area (TPSA) is 56.2 Å². The molecule has 0 aliphatic rings. The zero-order valence-corrected chi connectivity index (χ0v) is 13.2. The number of hydrogen-bond donors (Lipinski definition) is 1. The average Bonchev–Trinajstić information content (AvgIpc) is 2.90. The molecule has 2 aromatic rings. The predicted molar refractivity (Wildman–Crippen MR) is 86.9 cm³/mol. The van der Waals surface area contributed by atoms with Crippen LogP contribution in [0.5, 0.6) is 0 Å². The Bertz CT molecular complexity index is 600. The van der Waals surface area contributed by atoms with Gasteiger partial charge in [-0.2, -0.15) is 0 Å². The fraction of sp³-hybridized carbons (Fsp3) is 0.471. The van der Waals surface area contributed by atoms with E-state index in [4.69, 9.17) is 21.8 Å². The Morgan fingerprint density at radius 2 is 2.14 bits per heavy atom. The van der Waals surface area contributed by atoms with E-state index in [1.54, 1.807) is 12.1 Å². The molecular formula is C17H22ClNO2. The minimum absolute atomic E-state index is 0.0420. The van der Waals surface area contributed by atoms with Gasteiger partial charge in [0.1, 0.15) is 0 Å². The van der Waals surface area contributed by atoms with Crippen molar-refractivity contribution in [3.05, 3.63) is 35.0 Å². The maximum atomic E-state index is 12.3. The Balaban J connectivity index is 2.03. The van der Waals surface area contributed by atoms with Crippen LogP contribution in [0.15, 0.2) is 28.7 Å². The van der Waals surface area contributed by atoms with E-state index >= 15 is 0 Å². The van der Waals surface area contributed by atoms with Crippen LogP contribution in [0.4, 0.5) is 0 Å². The molecular weight excluding hydrogens is 286 g/mol. The van der Waals surface area contributed by atoms with Crippen molar-refractivity contribution in [1.29, 1.82) is 0 Å². The first kappa shape index (κ1) is 16.1. The Hall–Kier alpha value is -1.32. The third-order valence-electron chi connectivity index (χ3n) is 3.82. The van der Waals surface area contributed by atoms with E-state index in [1.807, 2.05) is 12.1 Å². The molecule has 1 atom stereocenters. The maximum absolute atomic E-state index is 12.3. The van der Waals surface area contributed by atoms with Gasteiger partial charge in [-0.1, -0.05) is 43.5 Å². The zero-order valence-electron chi connectivity index (χ0n) is 12.4. The van der Waals surface area contributed by atoms with Gasteiger partial charge in [0.25, 0.3) is 0 Å². The number of rotatable bonds is 8. The van der Waals surface area contributed by atoms with Crippen LogP contribution in [0, 0.1) is 5.92 Å². The first-order valence-corrected chi connectivity index (χ1v) is 7.94. The summed E-state index contributed by atoms with van der Waals surface area (Å²) in [5.41, 5.74) is 6.22. The second kappa shape index (κ2) is 7.62. The van der Waals surface area contributed by atoms with Crippen LogP contribution in [0.3, 0.4) is 0 Å². The molecule has 0 fully saturated rings. The molecule has 21 heavy (non-hydrogen) atoms. The molecule has 1 unspecified atom stereocenters. The maximum Gasteiger partial charge on any atom is 0.198 e. The van der Waals surface area contributed by atoms with Gasteiger partial charge in [0.05, 0.1) is 5.02 Å². The minimum atomic E-state index is 0.0420. The Kier molecular flexibility index (Phi) is 5.83. The molecule has 0 saturated carbocycles. The van der Waals surface area contributed by atoms with Crippen molar-refractivity contribution in [1.82, 2.24) is 0 Å². The number of para-hydroxylation sites is 1. The molecule has 0 spiro atoms. The number of nitrogens with two attached hydrogens (primary N) is 1. The molecule has 0 bridgehead atoms. The van der Waals surface area contributed by atoms with Gasteiger partial charge in [0.2, 0.25) is 0 Å². The van der Waals surface area contributed by atoms with Crippen LogP contribution in [0.2, 0.25) is 5.02 Å². The Morgan fingerprint density at radius 1 is 1.33 bits per heavy atom. The summed E-state index contributed by atoms with van der Waals surface area (Å²) in [6.07, 6.45) is 4.60. The van der Waals surface area contributed by atoms with Crippen molar-refractivity contribution in [3.63, 3.8) is 0 Å². The third-order valence-corrected chi connectivity index (χ3v) is 4.12. The highest BCUT2D eigenvalue weighted by atomic mass is 35.5. The molecule has 3 nitrogen and oxygen atoms in total. The van der Waals surface area contributed by atoms with Crippen molar-refractivity contribution in [2.75, 3.05) is 6.54 Å². The number of hydrogen-bond acceptors (Lipinski definition) is 3. The van der Waals surface area contributed by atoms with Crippen LogP contribution in [0.1, 0.15) is 49.6 Å². The van der Waals surface area contributed by atoms with Gasteiger partial charge in [-0.3, -0.25) is 4.79 Å². The molecule has 1 aromatic heterocycles. The highest BCUT2D eigenvalue weighted by molar-refractivity contribution is 6.34. The highest BCUT2D eigenvalue weighted by Gasteiger charge is 2.16. The molecule has 114 valence electrons. The van der Waals surface area contributed by atoms with Gasteiger partial charge in [-0.15, -0.1) is 0 Å². The lowest BCUT2D eigenvalue weighted by Gasteiger charge is -2.13. The van der Waals surface area contributed by atoms with Crippen molar-refractivity contribution >= 4 is 28.4 Å². The van der Waals surface area contributed by atoms with E-state index in [0.29, 0.717) is 35.2 Å². The number of carbonyl (C=O) groups is 1. The van der Waals surface area contributed by atoms with E-state index in [9.17, 15) is 4.79 Å². The van der Waals surface area contributed by atoms with Crippen molar-refractivity contribution in [2.45, 2.75) is 39.0 Å². The largest absolute Gasteiger partial charge is 0.451 e. The van der Waals surface area contributed by atoms with Crippen molar-refractivity contribution in [3.8, 4) is 0 Å². The molecule has 1 heterocycles. The van der Waals surface area contributed by atoms with Crippen molar-refractivity contribution < 1.29 is 9.21 Å². The molecule has 0 aliphatic carbocycles. The highest BCUT2D eigenvalue weighted by Crippen LogP contribution is 2.28. The van der Waals surface area contributed by atoms with Crippen molar-refractivity contribution in [2.24, 2.45) is 11.7 Å². The summed E-state index contributed by atoms with van der Waals surface area (Å²) < 4.78 is 5.61. The Labute approximate surface area is 130 Å². The predicted octanol–water partition coefficient (Wildman–Crippen LogP) is 4.81. The second-order valence-corrected chi connectivity index (χ2v) is 5.87. The lowest BCUT2D eigenvalue weighted by Crippen LogP contribution is -2.10. The molecule has 1 aromatic carbocycles. The number of halogens is 1. The van der Waals surface area contributed by atoms with E-state index in [1.165, 1.54) is 0 Å². The molecule has 4 heteroatoms. The van der Waals surface area contributed by atoms with Crippen LogP contribution in [0.25, 0.3) is 11.0 Å². The zero-order chi connectivity index (χ0) is 15.2. The standard InChI is InChI=1S/C17H22ClNO2/c1-2-4-12(9-10-19)7-8-15(20)16-11-13-5-3-6-14(18)17(13)21-16/h3,5-6,11-12H,2,4,7-10,19H2,1H3. The van der Waals surface area contributed by atoms with Crippen LogP contribution in [-0.4, -0.2) is 12.3 Å². The fourth-order valence-corrected chi connectivity index (χ4v) is 2.92. The molecule has 0 saturated heterocycles. The summed E-state index contributed by atoms with van der Waals surface area (Å²) in [5, 5.41) is 1.41. The van der Waals surface area contributed by atoms with Gasteiger partial charge < -0.3 is 10.2 Å². The average molecular weight is 308 g/mol. The molecule has 0 radical (unpaired) electrons. The summed E-state index contributed by atoms with van der Waals surface area (Å²) in [6.45, 7) is 2.84. The van der Waals surface area contributed by atoms with Crippen LogP contribution in [-0.2, 0) is 0 Å². The van der Waals surface area contributed by atoms with Gasteiger partial charge in [-0.05, 0) is 37.4 Å². The lowest BCUT2D eigenvalue weighted by molar-refractivity contribution is 0.0947. The summed E-state index contributed by atoms with van der Waals surface area (Å²) in [6, 6.07) is 7.30. The number of ketones is 1. The van der Waals surface area contributed by atoms with Crippen LogP contribution < -0.4 is 5.73 Å². The molecule has 0 aliphatic heterocycles. The van der Waals surface area contributed by atoms with Gasteiger partial charge in [0, 0.05) is 11.8 Å². The number of Topliss-reactive ketones (excluding diaryl/α,β-unsaturated/α-hetero) is 1. The lowest BCUT2D eigenvalue weighted by atomic mass is 9.93. The molecule has 2 N–H and O–H groups in total. The quantitative estimate of drug-likeness (QED) is 0.712. The number of carbonyl (C=O) groups excluding carboxylic acids is 1. The fourth-order valence-electron chi connectivity index (χ4n) is 2.70. The second-order valence-electron chi connectivity index (χ2n) is 5.46. The van der Waals surface area contributed by atoms with Crippen LogP contribution >= 0.6 is 11.6 Å². The third kappa shape index (κ3) is 4.08. The summed E-state index contributed by atoms with van der Waals surface area (Å²) >= 11 is 6.07. The summed E-state index contributed by atoms with van der Waals surface area (Å²) in [5.74, 6) is 0.971. The van der Waals surface area contributed by atoms with Gasteiger partial charge in [-0.25, -0.2) is 0 Å². The first-order valence-electron chi connectivity index (χ1n) is 7.57. The monoisotopic (exact) mass is 307 g/mol.